The fourth-order valence-electron chi connectivity index (χ4n) is 5.14. The smallest absolute Gasteiger partial charge is 0.240 e. The summed E-state index contributed by atoms with van der Waals surface area (Å²) in [5.74, 6) is 2.41. The number of nitrogens with one attached hydrogen (secondary N) is 1. The molecule has 1 aromatic heterocycles. The number of ether oxygens (including phenoxy) is 3. The molecule has 0 fully saturated rings. The molecule has 0 saturated heterocycles. The van der Waals surface area contributed by atoms with Crippen molar-refractivity contribution in [1.29, 1.82) is 0 Å². The normalized spacial score (nSPS) is 16.5. The van der Waals surface area contributed by atoms with Gasteiger partial charge in [-0.05, 0) is 55.3 Å². The number of rotatable bonds is 8. The molecule has 2 atom stereocenters. The number of hydrogen-bond acceptors (Lipinski definition) is 7. The summed E-state index contributed by atoms with van der Waals surface area (Å²) in [6.07, 6.45) is 0.787. The molecule has 2 amide bonds. The van der Waals surface area contributed by atoms with Gasteiger partial charge in [-0.1, -0.05) is 43.3 Å². The number of carbonyl (C=O) groups excluding carboxylic acids is 2. The van der Waals surface area contributed by atoms with E-state index in [0.29, 0.717) is 23.1 Å². The first-order valence-electron chi connectivity index (χ1n) is 13.9. The van der Waals surface area contributed by atoms with Crippen LogP contribution in [0.5, 0.6) is 17.2 Å². The lowest BCUT2D eigenvalue weighted by Crippen LogP contribution is -2.44. The van der Waals surface area contributed by atoms with Crippen LogP contribution in [-0.2, 0) is 9.59 Å². The molecular weight excluding hydrogens is 552 g/mol. The summed E-state index contributed by atoms with van der Waals surface area (Å²) in [6, 6.07) is 23.3. The van der Waals surface area contributed by atoms with Gasteiger partial charge in [0.05, 0.1) is 29.5 Å². The molecule has 0 spiro atoms. The zero-order chi connectivity index (χ0) is 29.2. The lowest BCUT2D eigenvalue weighted by atomic mass is 9.99. The summed E-state index contributed by atoms with van der Waals surface area (Å²) in [5.41, 5.74) is 4.19. The highest BCUT2D eigenvalue weighted by Crippen LogP contribution is 2.50. The van der Waals surface area contributed by atoms with Gasteiger partial charge >= 0.3 is 0 Å². The summed E-state index contributed by atoms with van der Waals surface area (Å²) >= 11 is 1.51. The Morgan fingerprint density at radius 3 is 2.60 bits per heavy atom. The van der Waals surface area contributed by atoms with Gasteiger partial charge in [0.2, 0.25) is 18.6 Å². The first kappa shape index (κ1) is 27.7. The monoisotopic (exact) mass is 584 g/mol. The average molecular weight is 585 g/mol. The quantitative estimate of drug-likeness (QED) is 0.298. The van der Waals surface area contributed by atoms with E-state index in [4.69, 9.17) is 19.3 Å². The zero-order valence-corrected chi connectivity index (χ0v) is 24.5. The Hall–Kier alpha value is -4.44. The third-order valence-corrected chi connectivity index (χ3v) is 8.73. The number of nitrogens with zero attached hydrogens (tertiary/aromatic N) is 3. The summed E-state index contributed by atoms with van der Waals surface area (Å²) in [7, 11) is 1.62. The van der Waals surface area contributed by atoms with E-state index >= 15 is 0 Å². The number of anilines is 1. The maximum Gasteiger partial charge on any atom is 0.240 e. The summed E-state index contributed by atoms with van der Waals surface area (Å²) < 4.78 is 18.4. The summed E-state index contributed by atoms with van der Waals surface area (Å²) in [5, 5.41) is 7.87. The number of fused-ring (bicyclic) bond motifs is 2. The standard InChI is InChI=1S/C32H32N4O5S/c1-4-20(2)33-27(37)17-35-28(38)18-42-31(22-10-15-25-26(16-22)41-19-40-25)29-30(21-8-6-5-7-9-21)34-36(32(29)35)23-11-13-24(39-3)14-12-23/h5-16,20,31H,4,17-19H2,1-3H3,(H,33,37). The van der Waals surface area contributed by atoms with Crippen molar-refractivity contribution in [2.24, 2.45) is 0 Å². The fraction of sp³-hybridized carbons (Fsp3) is 0.281. The Bertz CT molecular complexity index is 1610. The van der Waals surface area contributed by atoms with Gasteiger partial charge in [0, 0.05) is 17.2 Å². The van der Waals surface area contributed by atoms with Gasteiger partial charge in [-0.2, -0.15) is 5.10 Å². The number of thioether (sulfide) groups is 1. The number of amides is 2. The van der Waals surface area contributed by atoms with Crippen molar-refractivity contribution in [3.63, 3.8) is 0 Å². The predicted octanol–water partition coefficient (Wildman–Crippen LogP) is 5.36. The second-order valence-corrected chi connectivity index (χ2v) is 11.3. The highest BCUT2D eigenvalue weighted by Gasteiger charge is 2.38. The van der Waals surface area contributed by atoms with Crippen molar-refractivity contribution >= 4 is 29.4 Å². The van der Waals surface area contributed by atoms with Gasteiger partial charge in [-0.15, -0.1) is 11.8 Å². The minimum atomic E-state index is -0.275. The van der Waals surface area contributed by atoms with Gasteiger partial charge in [-0.25, -0.2) is 4.68 Å². The lowest BCUT2D eigenvalue weighted by molar-refractivity contribution is -0.123. The van der Waals surface area contributed by atoms with E-state index in [0.717, 1.165) is 34.5 Å². The molecule has 2 aliphatic heterocycles. The van der Waals surface area contributed by atoms with E-state index in [-0.39, 0.29) is 42.2 Å². The second kappa shape index (κ2) is 11.8. The maximum atomic E-state index is 13.9. The van der Waals surface area contributed by atoms with Crippen LogP contribution in [0.1, 0.15) is 36.6 Å². The molecule has 216 valence electrons. The fourth-order valence-corrected chi connectivity index (χ4v) is 6.33. The molecule has 9 nitrogen and oxygen atoms in total. The van der Waals surface area contributed by atoms with E-state index in [9.17, 15) is 9.59 Å². The van der Waals surface area contributed by atoms with Crippen LogP contribution in [0.15, 0.2) is 72.8 Å². The highest BCUT2D eigenvalue weighted by atomic mass is 32.2. The molecule has 6 rings (SSSR count). The summed E-state index contributed by atoms with van der Waals surface area (Å²) in [6.45, 7) is 4.01. The number of hydrogen-bond donors (Lipinski definition) is 1. The Labute approximate surface area is 248 Å². The first-order valence-corrected chi connectivity index (χ1v) is 14.9. The molecule has 3 aromatic carbocycles. The van der Waals surface area contributed by atoms with Crippen molar-refractivity contribution in [2.75, 3.05) is 31.1 Å². The number of methoxy groups -OCH3 is 1. The van der Waals surface area contributed by atoms with Crippen LogP contribution in [0.25, 0.3) is 16.9 Å². The highest BCUT2D eigenvalue weighted by molar-refractivity contribution is 8.00. The largest absolute Gasteiger partial charge is 0.497 e. The van der Waals surface area contributed by atoms with Gasteiger partial charge in [0.25, 0.3) is 0 Å². The SMILES string of the molecule is CCC(C)NC(=O)CN1C(=O)CSC(c2ccc3c(c2)OCO3)c2c(-c3ccccc3)nn(-c3ccc(OC)cc3)c21. The lowest BCUT2D eigenvalue weighted by Gasteiger charge is -2.24. The van der Waals surface area contributed by atoms with E-state index in [1.165, 1.54) is 11.8 Å². The van der Waals surface area contributed by atoms with E-state index in [1.54, 1.807) is 16.7 Å². The second-order valence-electron chi connectivity index (χ2n) is 10.2. The predicted molar refractivity (Wildman–Crippen MR) is 163 cm³/mol. The van der Waals surface area contributed by atoms with Crippen molar-refractivity contribution in [3.8, 4) is 34.2 Å². The molecule has 4 aromatic rings. The topological polar surface area (TPSA) is 94.9 Å². The molecular formula is C32H32N4O5S. The Morgan fingerprint density at radius 2 is 1.86 bits per heavy atom. The van der Waals surface area contributed by atoms with Gasteiger partial charge in [0.1, 0.15) is 18.1 Å². The number of carbonyl (C=O) groups is 2. The number of aromatic nitrogens is 2. The van der Waals surface area contributed by atoms with Gasteiger partial charge < -0.3 is 19.5 Å². The molecule has 0 bridgehead atoms. The molecule has 0 saturated carbocycles. The zero-order valence-electron chi connectivity index (χ0n) is 23.7. The molecule has 0 radical (unpaired) electrons. The maximum absolute atomic E-state index is 13.9. The molecule has 42 heavy (non-hydrogen) atoms. The van der Waals surface area contributed by atoms with Crippen LogP contribution >= 0.6 is 11.8 Å². The van der Waals surface area contributed by atoms with Crippen molar-refractivity contribution in [3.05, 3.63) is 83.9 Å². The van der Waals surface area contributed by atoms with Crippen LogP contribution in [0.3, 0.4) is 0 Å². The minimum Gasteiger partial charge on any atom is -0.497 e. The Morgan fingerprint density at radius 1 is 1.10 bits per heavy atom. The molecule has 10 heteroatoms. The minimum absolute atomic E-state index is 0.0128. The van der Waals surface area contributed by atoms with E-state index < -0.39 is 0 Å². The molecule has 1 N–H and O–H groups in total. The van der Waals surface area contributed by atoms with Crippen LogP contribution in [0.4, 0.5) is 5.82 Å². The Balaban J connectivity index is 1.58. The first-order chi connectivity index (χ1) is 20.5. The molecule has 2 aliphatic rings. The van der Waals surface area contributed by atoms with Crippen molar-refractivity contribution in [1.82, 2.24) is 15.1 Å². The molecule has 3 heterocycles. The van der Waals surface area contributed by atoms with Crippen molar-refractivity contribution < 1.29 is 23.8 Å². The van der Waals surface area contributed by atoms with Crippen LogP contribution in [-0.4, -0.2) is 53.8 Å². The van der Waals surface area contributed by atoms with Gasteiger partial charge in [0.15, 0.2) is 11.5 Å². The average Bonchev–Trinajstić information content (AvgIpc) is 3.62. The van der Waals surface area contributed by atoms with Crippen molar-refractivity contribution in [2.45, 2.75) is 31.6 Å². The van der Waals surface area contributed by atoms with Crippen LogP contribution in [0, 0.1) is 0 Å². The van der Waals surface area contributed by atoms with E-state index in [2.05, 4.69) is 5.32 Å². The Kier molecular flexibility index (Phi) is 7.80. The third kappa shape index (κ3) is 5.30. The molecule has 2 unspecified atom stereocenters. The third-order valence-electron chi connectivity index (χ3n) is 7.47. The van der Waals surface area contributed by atoms with Crippen LogP contribution < -0.4 is 24.4 Å². The summed E-state index contributed by atoms with van der Waals surface area (Å²) in [4.78, 5) is 28.7. The van der Waals surface area contributed by atoms with Gasteiger partial charge in [-0.3, -0.25) is 14.5 Å². The van der Waals surface area contributed by atoms with Crippen LogP contribution in [0.2, 0.25) is 0 Å². The van der Waals surface area contributed by atoms with E-state index in [1.807, 2.05) is 86.6 Å². The molecule has 0 aliphatic carbocycles. The number of benzene rings is 3.